The van der Waals surface area contributed by atoms with Crippen LogP contribution in [0.1, 0.15) is 27.2 Å². The van der Waals surface area contributed by atoms with Gasteiger partial charge in [0, 0.05) is 12.1 Å². The van der Waals surface area contributed by atoms with E-state index in [-0.39, 0.29) is 17.5 Å². The summed E-state index contributed by atoms with van der Waals surface area (Å²) < 4.78 is 49.6. The third-order valence-corrected chi connectivity index (χ3v) is 3.12. The summed E-state index contributed by atoms with van der Waals surface area (Å²) in [6, 6.07) is 0. The number of allylic oxidation sites excluding steroid dienone is 5. The molecule has 0 amide bonds. The van der Waals surface area contributed by atoms with Crippen LogP contribution in [0.2, 0.25) is 0 Å². The third kappa shape index (κ3) is 6.40. The molecule has 1 atom stereocenters. The maximum atomic E-state index is 12.6. The molecule has 0 radical (unpaired) electrons. The second kappa shape index (κ2) is 9.53. The lowest BCUT2D eigenvalue weighted by Crippen LogP contribution is -2.54. The van der Waals surface area contributed by atoms with Gasteiger partial charge in [-0.2, -0.15) is 18.3 Å². The third-order valence-electron chi connectivity index (χ3n) is 2.92. The first-order valence-electron chi connectivity index (χ1n) is 6.98. The van der Waals surface area contributed by atoms with Gasteiger partial charge in [-0.1, -0.05) is 38.2 Å². The van der Waals surface area contributed by atoms with Gasteiger partial charge in [0.2, 0.25) is 0 Å². The highest BCUT2D eigenvalue weighted by atomic mass is 32.1. The van der Waals surface area contributed by atoms with Gasteiger partial charge >= 0.3 is 6.18 Å². The van der Waals surface area contributed by atoms with Gasteiger partial charge in [0.05, 0.1) is 11.3 Å². The van der Waals surface area contributed by atoms with Gasteiger partial charge in [-0.15, -0.1) is 0 Å². The van der Waals surface area contributed by atoms with Crippen LogP contribution in [-0.2, 0) is 0 Å². The van der Waals surface area contributed by atoms with Crippen molar-refractivity contribution in [2.75, 3.05) is 0 Å². The molecule has 0 aromatic carbocycles. The van der Waals surface area contributed by atoms with Gasteiger partial charge in [0.15, 0.2) is 0 Å². The van der Waals surface area contributed by atoms with Gasteiger partial charge < -0.3 is 10.8 Å². The molecule has 0 bridgehead atoms. The molecular weight excluding hydrogens is 346 g/mol. The van der Waals surface area contributed by atoms with Crippen LogP contribution in [0, 0.1) is 5.92 Å². The molecule has 0 aromatic rings. The largest absolute Gasteiger partial charge is 0.438 e. The first-order chi connectivity index (χ1) is 11.0. The van der Waals surface area contributed by atoms with Gasteiger partial charge in [0.25, 0.3) is 5.72 Å². The molecule has 0 saturated heterocycles. The van der Waals surface area contributed by atoms with E-state index in [0.717, 1.165) is 0 Å². The van der Waals surface area contributed by atoms with E-state index in [2.05, 4.69) is 17.3 Å². The molecule has 0 aliphatic carbocycles. The van der Waals surface area contributed by atoms with Gasteiger partial charge in [0.1, 0.15) is 0 Å². The Morgan fingerprint density at radius 1 is 1.38 bits per heavy atom. The van der Waals surface area contributed by atoms with Crippen LogP contribution in [0.3, 0.4) is 0 Å². The number of nitrogens with zero attached hydrogens (tertiary/aromatic N) is 2. The number of halogens is 4. The van der Waals surface area contributed by atoms with Crippen LogP contribution in [0.15, 0.2) is 41.4 Å². The number of nitrogens with two attached hydrogens (primary N) is 1. The van der Waals surface area contributed by atoms with Crippen LogP contribution in [0.25, 0.3) is 0 Å². The number of hydrazone groups is 1. The minimum Gasteiger partial charge on any atom is -0.405 e. The Bertz CT molecular complexity index is 537. The molecule has 1 rings (SSSR count). The molecule has 24 heavy (non-hydrogen) atoms. The molecule has 3 N–H and O–H groups in total. The van der Waals surface area contributed by atoms with E-state index in [1.54, 1.807) is 32.1 Å². The van der Waals surface area contributed by atoms with Crippen LogP contribution in [0.4, 0.5) is 17.6 Å². The first-order valence-corrected chi connectivity index (χ1v) is 7.45. The zero-order chi connectivity index (χ0) is 19.0. The van der Waals surface area contributed by atoms with Crippen LogP contribution in [-0.4, -0.2) is 33.2 Å². The van der Waals surface area contributed by atoms with Gasteiger partial charge in [-0.25, -0.2) is 9.40 Å². The molecule has 1 heterocycles. The molecule has 136 valence electrons. The Morgan fingerprint density at radius 3 is 2.29 bits per heavy atom. The summed E-state index contributed by atoms with van der Waals surface area (Å²) in [7, 11) is 0. The SMILES string of the molecule is CC(C)C1=NN(C=S)C(O)(C(F)(F)F)C1.C\C(F)=C/C=C\C=C\N. The van der Waals surface area contributed by atoms with E-state index in [0.29, 0.717) is 10.5 Å². The van der Waals surface area contributed by atoms with E-state index < -0.39 is 18.3 Å². The standard InChI is InChI=1S/C8H11F3N2OS.C7H10FN/c1-5(2)6-3-7(14,8(9,10)11)13(4-15)12-6;1-7(8)5-3-2-4-6-9/h4-5,14H,3H2,1-2H3;2-6H,9H2,1H3/b;3-2-,6-4+,7-5+. The summed E-state index contributed by atoms with van der Waals surface area (Å²) >= 11 is 4.40. The topological polar surface area (TPSA) is 61.8 Å². The van der Waals surface area contributed by atoms with Crippen molar-refractivity contribution in [1.29, 1.82) is 0 Å². The van der Waals surface area contributed by atoms with Crippen molar-refractivity contribution in [3.8, 4) is 0 Å². The van der Waals surface area contributed by atoms with E-state index in [1.807, 2.05) is 0 Å². The highest BCUT2D eigenvalue weighted by Gasteiger charge is 2.61. The Labute approximate surface area is 144 Å². The summed E-state index contributed by atoms with van der Waals surface area (Å²) in [6.45, 7) is 4.81. The van der Waals surface area contributed by atoms with Gasteiger partial charge in [-0.05, 0) is 31.2 Å². The highest BCUT2D eigenvalue weighted by Crippen LogP contribution is 2.40. The predicted octanol–water partition coefficient (Wildman–Crippen LogP) is 3.80. The maximum absolute atomic E-state index is 12.6. The number of rotatable bonds is 4. The Morgan fingerprint density at radius 2 is 1.96 bits per heavy atom. The molecule has 0 aromatic heterocycles. The summed E-state index contributed by atoms with van der Waals surface area (Å²) in [5.74, 6) is -0.365. The Kier molecular flexibility index (Phi) is 8.84. The second-order valence-corrected chi connectivity index (χ2v) is 5.42. The van der Waals surface area contributed by atoms with E-state index >= 15 is 0 Å². The zero-order valence-electron chi connectivity index (χ0n) is 13.6. The minimum absolute atomic E-state index is 0.154. The quantitative estimate of drug-likeness (QED) is 0.451. The number of hydrogen-bond acceptors (Lipinski definition) is 4. The maximum Gasteiger partial charge on any atom is 0.438 e. The number of hydrogen-bond donors (Lipinski definition) is 2. The lowest BCUT2D eigenvalue weighted by atomic mass is 9.99. The first kappa shape index (κ1) is 22.3. The molecule has 0 saturated carbocycles. The number of alkyl halides is 3. The molecule has 1 aliphatic rings. The highest BCUT2D eigenvalue weighted by molar-refractivity contribution is 7.78. The van der Waals surface area contributed by atoms with Crippen molar-refractivity contribution in [2.45, 2.75) is 39.1 Å². The fraction of sp³-hybridized carbons (Fsp3) is 0.467. The summed E-state index contributed by atoms with van der Waals surface area (Å²) in [5.41, 5.74) is 3.02. The molecule has 0 fully saturated rings. The molecule has 1 aliphatic heterocycles. The van der Waals surface area contributed by atoms with Crippen LogP contribution < -0.4 is 5.73 Å². The van der Waals surface area contributed by atoms with E-state index in [4.69, 9.17) is 5.73 Å². The lowest BCUT2D eigenvalue weighted by molar-refractivity contribution is -0.293. The summed E-state index contributed by atoms with van der Waals surface area (Å²) in [6.07, 6.45) is 2.28. The Balaban J connectivity index is 0.000000506. The summed E-state index contributed by atoms with van der Waals surface area (Å²) in [5, 5.41) is 13.5. The van der Waals surface area contributed by atoms with Crippen LogP contribution >= 0.6 is 12.2 Å². The molecule has 9 heteroatoms. The second-order valence-electron chi connectivity index (χ2n) is 5.21. The average molecular weight is 367 g/mol. The van der Waals surface area contributed by atoms with Crippen molar-refractivity contribution >= 4 is 23.4 Å². The molecule has 0 spiro atoms. The van der Waals surface area contributed by atoms with Gasteiger partial charge in [-0.3, -0.25) is 0 Å². The van der Waals surface area contributed by atoms with E-state index in [9.17, 15) is 22.7 Å². The molecular formula is C15H21F4N3OS. The molecule has 1 unspecified atom stereocenters. The van der Waals surface area contributed by atoms with Crippen molar-refractivity contribution in [3.63, 3.8) is 0 Å². The van der Waals surface area contributed by atoms with Crippen molar-refractivity contribution in [1.82, 2.24) is 5.01 Å². The fourth-order valence-electron chi connectivity index (χ4n) is 1.57. The van der Waals surface area contributed by atoms with E-state index in [1.165, 1.54) is 19.2 Å². The molecule has 4 nitrogen and oxygen atoms in total. The fourth-order valence-corrected chi connectivity index (χ4v) is 1.79. The summed E-state index contributed by atoms with van der Waals surface area (Å²) in [4.78, 5) is 0. The average Bonchev–Trinajstić information content (AvgIpc) is 2.82. The van der Waals surface area contributed by atoms with Crippen molar-refractivity contribution in [2.24, 2.45) is 16.8 Å². The normalized spacial score (nSPS) is 22.1. The number of aliphatic hydroxyl groups is 1. The van der Waals surface area contributed by atoms with Crippen LogP contribution in [0.5, 0.6) is 0 Å². The predicted molar refractivity (Wildman–Crippen MR) is 90.7 cm³/mol. The van der Waals surface area contributed by atoms with Crippen molar-refractivity contribution < 1.29 is 22.7 Å². The zero-order valence-corrected chi connectivity index (χ0v) is 14.4. The smallest absolute Gasteiger partial charge is 0.405 e. The lowest BCUT2D eigenvalue weighted by Gasteiger charge is -2.31. The number of thiocarbonyl (C=S) groups is 1. The van der Waals surface area contributed by atoms with Crippen molar-refractivity contribution in [3.05, 3.63) is 36.3 Å². The minimum atomic E-state index is -4.78. The monoisotopic (exact) mass is 367 g/mol. The Hall–Kier alpha value is -1.74.